The first kappa shape index (κ1) is 26.8. The summed E-state index contributed by atoms with van der Waals surface area (Å²) < 4.78 is 52.8. The van der Waals surface area contributed by atoms with Gasteiger partial charge in [-0.05, 0) is 75.2 Å². The van der Waals surface area contributed by atoms with Gasteiger partial charge in [0.15, 0.2) is 0 Å². The minimum atomic E-state index is -2.44. The molecule has 41 heavy (non-hydrogen) atoms. The second-order valence-corrected chi connectivity index (χ2v) is 12.4. The van der Waals surface area contributed by atoms with Crippen LogP contribution in [-0.4, -0.2) is 81.7 Å². The van der Waals surface area contributed by atoms with E-state index in [4.69, 9.17) is 17.7 Å². The fourth-order valence-corrected chi connectivity index (χ4v) is 6.54. The van der Waals surface area contributed by atoms with Crippen molar-refractivity contribution in [2.24, 2.45) is 0 Å². The number of quaternary nitrogens is 1. The summed E-state index contributed by atoms with van der Waals surface area (Å²) in [6.07, 6.45) is 9.92. The van der Waals surface area contributed by atoms with E-state index in [-0.39, 0.29) is 24.2 Å². The smallest absolute Gasteiger partial charge is 0.118 e. The number of methoxy groups -OCH3 is 2. The lowest BCUT2D eigenvalue weighted by Crippen LogP contribution is -3.06. The van der Waals surface area contributed by atoms with E-state index in [9.17, 15) is 10.2 Å². The van der Waals surface area contributed by atoms with Gasteiger partial charge >= 0.3 is 0 Å². The Bertz CT molecular complexity index is 1090. The molecule has 7 heteroatoms. The third-order valence-corrected chi connectivity index (χ3v) is 8.70. The molecule has 0 aliphatic heterocycles. The Hall–Kier alpha value is -1.83. The Kier molecular flexibility index (Phi) is 10.9. The van der Waals surface area contributed by atoms with Crippen LogP contribution in [0.15, 0.2) is 48.5 Å². The molecule has 0 amide bonds. The average Bonchev–Trinajstić information content (AvgIpc) is 2.95. The van der Waals surface area contributed by atoms with E-state index in [1.165, 1.54) is 17.7 Å². The maximum Gasteiger partial charge on any atom is 0.118 e. The van der Waals surface area contributed by atoms with Crippen LogP contribution in [0.2, 0.25) is 0 Å². The number of nitrogens with zero attached hydrogens (tertiary/aromatic N) is 1. The molecule has 0 radical (unpaired) electrons. The van der Waals surface area contributed by atoms with Crippen molar-refractivity contribution < 1.29 is 32.8 Å². The van der Waals surface area contributed by atoms with E-state index >= 15 is 0 Å². The first-order valence-electron chi connectivity index (χ1n) is 17.9. The summed E-state index contributed by atoms with van der Waals surface area (Å²) in [4.78, 5) is 3.38. The van der Waals surface area contributed by atoms with Crippen molar-refractivity contribution >= 4 is 12.4 Å². The summed E-state index contributed by atoms with van der Waals surface area (Å²) in [5.74, 6) is 0.725. The molecule has 2 saturated carbocycles. The van der Waals surface area contributed by atoms with Crippen LogP contribution in [-0.2, 0) is 0 Å². The summed E-state index contributed by atoms with van der Waals surface area (Å²) in [5, 5.41) is 22.3. The lowest BCUT2D eigenvalue weighted by molar-refractivity contribution is -0.860. The van der Waals surface area contributed by atoms with E-state index in [2.05, 4.69) is 19.0 Å². The van der Waals surface area contributed by atoms with Gasteiger partial charge in [0, 0.05) is 12.5 Å². The molecular weight excluding hydrogens is 536 g/mol. The number of hydrogen-bond donors (Lipinski definition) is 3. The third-order valence-electron chi connectivity index (χ3n) is 8.70. The van der Waals surface area contributed by atoms with Crippen LogP contribution in [0.25, 0.3) is 0 Å². The number of ether oxygens (including phenoxy) is 2. The van der Waals surface area contributed by atoms with Gasteiger partial charge in [0.05, 0.1) is 60.1 Å². The number of benzene rings is 2. The highest BCUT2D eigenvalue weighted by atomic mass is 35.5. The summed E-state index contributed by atoms with van der Waals surface area (Å²) in [7, 11) is 3.32. The predicted molar refractivity (Wildman–Crippen MR) is 171 cm³/mol. The van der Waals surface area contributed by atoms with Crippen molar-refractivity contribution in [2.75, 3.05) is 55.4 Å². The van der Waals surface area contributed by atoms with Gasteiger partial charge in [0.2, 0.25) is 0 Å². The fourth-order valence-electron chi connectivity index (χ4n) is 6.54. The van der Waals surface area contributed by atoms with Gasteiger partial charge < -0.3 is 29.5 Å². The Morgan fingerprint density at radius 2 is 1.12 bits per heavy atom. The Morgan fingerprint density at radius 3 is 1.49 bits per heavy atom. The Morgan fingerprint density at radius 1 is 0.732 bits per heavy atom. The van der Waals surface area contributed by atoms with Crippen LogP contribution in [0.5, 0.6) is 11.5 Å². The number of halogens is 1. The summed E-state index contributed by atoms with van der Waals surface area (Å²) >= 11 is 0. The topological polar surface area (TPSA) is 66.6 Å². The number of rotatable bonds is 10. The van der Waals surface area contributed by atoms with Crippen molar-refractivity contribution in [3.05, 3.63) is 59.7 Å². The van der Waals surface area contributed by atoms with Gasteiger partial charge in [0.25, 0.3) is 0 Å². The SMILES string of the molecule is Cl.[2H]C([2H])([2H])Oc1ccc(C(CN(C)C)C2(O)CCCCC2)cc1.[2H]C([2H])([2H])Oc1ccc(C(C[NH+](C)C)C2(O)CCCCC2)cc1. The average molecular weight is 598 g/mol. The fraction of sp³-hybridized carbons (Fsp3) is 0.647. The predicted octanol–water partition coefficient (Wildman–Crippen LogP) is 5.08. The maximum atomic E-state index is 11.2. The van der Waals surface area contributed by atoms with Gasteiger partial charge in [-0.3, -0.25) is 0 Å². The second-order valence-electron chi connectivity index (χ2n) is 12.4. The quantitative estimate of drug-likeness (QED) is 0.357. The Balaban J connectivity index is 0.000000320. The molecule has 0 aromatic heterocycles. The normalized spacial score (nSPS) is 22.1. The van der Waals surface area contributed by atoms with Crippen LogP contribution >= 0.6 is 12.4 Å². The van der Waals surface area contributed by atoms with Gasteiger partial charge in [-0.2, -0.15) is 0 Å². The van der Waals surface area contributed by atoms with E-state index in [1.54, 1.807) is 24.3 Å². The van der Waals surface area contributed by atoms with Crippen molar-refractivity contribution in [1.29, 1.82) is 0 Å². The monoisotopic (exact) mass is 597 g/mol. The molecule has 2 aliphatic carbocycles. The van der Waals surface area contributed by atoms with Crippen molar-refractivity contribution in [3.8, 4) is 11.5 Å². The van der Waals surface area contributed by atoms with Crippen LogP contribution in [0.4, 0.5) is 0 Å². The molecule has 0 bridgehead atoms. The minimum absolute atomic E-state index is 0. The molecule has 2 atom stereocenters. The summed E-state index contributed by atoms with van der Waals surface area (Å²) in [5.41, 5.74) is 0.728. The first-order valence-corrected chi connectivity index (χ1v) is 14.9. The highest BCUT2D eigenvalue weighted by Crippen LogP contribution is 2.41. The number of aliphatic hydroxyl groups is 2. The molecular formula is C34H56ClN2O4+. The van der Waals surface area contributed by atoms with Crippen LogP contribution in [0.3, 0.4) is 0 Å². The van der Waals surface area contributed by atoms with Crippen molar-refractivity contribution in [1.82, 2.24) is 4.90 Å². The molecule has 0 saturated heterocycles. The molecule has 6 nitrogen and oxygen atoms in total. The molecule has 2 fully saturated rings. The summed E-state index contributed by atoms with van der Waals surface area (Å²) in [6, 6.07) is 14.3. The van der Waals surface area contributed by atoms with Gasteiger partial charge in [0.1, 0.15) is 11.5 Å². The van der Waals surface area contributed by atoms with Crippen LogP contribution in [0, 0.1) is 0 Å². The molecule has 2 unspecified atom stereocenters. The molecule has 2 aliphatic rings. The number of hydrogen-bond acceptors (Lipinski definition) is 5. The molecule has 4 rings (SSSR count). The van der Waals surface area contributed by atoms with Gasteiger partial charge in [-0.1, -0.05) is 62.8 Å². The Labute approximate surface area is 263 Å². The highest BCUT2D eigenvalue weighted by molar-refractivity contribution is 5.85. The standard InChI is InChI=1S/2C17H27NO2.ClH/c2*1-18(2)13-16(17(19)11-5-4-6-12-17)14-7-9-15(20-3)10-8-14;/h2*7-10,16,19H,4-6,11-13H2,1-3H3;1H/p+1/i2*3D3;. The molecule has 2 aromatic carbocycles. The van der Waals surface area contributed by atoms with Crippen molar-refractivity contribution in [2.45, 2.75) is 87.2 Å². The summed E-state index contributed by atoms with van der Waals surface area (Å²) in [6.45, 7) is 1.60. The zero-order valence-corrected chi connectivity index (χ0v) is 26.1. The van der Waals surface area contributed by atoms with E-state index in [1.807, 2.05) is 38.4 Å². The molecule has 0 spiro atoms. The van der Waals surface area contributed by atoms with Crippen LogP contribution in [0.1, 0.15) is 95.4 Å². The molecule has 232 valence electrons. The lowest BCUT2D eigenvalue weighted by atomic mass is 9.72. The lowest BCUT2D eigenvalue weighted by Gasteiger charge is -2.40. The van der Waals surface area contributed by atoms with E-state index in [0.717, 1.165) is 75.6 Å². The third kappa shape index (κ3) is 10.1. The largest absolute Gasteiger partial charge is 0.497 e. The molecule has 0 heterocycles. The maximum absolute atomic E-state index is 11.2. The van der Waals surface area contributed by atoms with E-state index in [0.29, 0.717) is 11.5 Å². The zero-order chi connectivity index (χ0) is 34.2. The van der Waals surface area contributed by atoms with Crippen LogP contribution < -0.4 is 14.4 Å². The second kappa shape index (κ2) is 16.7. The van der Waals surface area contributed by atoms with E-state index < -0.39 is 25.3 Å². The number of nitrogens with one attached hydrogen (secondary N) is 1. The van der Waals surface area contributed by atoms with Crippen molar-refractivity contribution in [3.63, 3.8) is 0 Å². The molecule has 3 N–H and O–H groups in total. The first-order chi connectivity index (χ1) is 21.4. The highest BCUT2D eigenvalue weighted by Gasteiger charge is 2.40. The van der Waals surface area contributed by atoms with Gasteiger partial charge in [-0.15, -0.1) is 12.4 Å². The molecule has 2 aromatic rings. The minimum Gasteiger partial charge on any atom is -0.497 e. The zero-order valence-electron chi connectivity index (χ0n) is 31.3. The van der Waals surface area contributed by atoms with Gasteiger partial charge in [-0.25, -0.2) is 0 Å². The number of likely N-dealkylation sites (N-methyl/N-ethyl adjacent to an activating group) is 2.